The maximum Gasteiger partial charge on any atom is 0.226 e. The van der Waals surface area contributed by atoms with Gasteiger partial charge in [-0.15, -0.1) is 0 Å². The quantitative estimate of drug-likeness (QED) is 0.804. The molecule has 0 radical (unpaired) electrons. The Morgan fingerprint density at radius 1 is 1.10 bits per heavy atom. The minimum Gasteiger partial charge on any atom is -0.351 e. The van der Waals surface area contributed by atoms with Crippen LogP contribution in [0.4, 0.5) is 0 Å². The second-order valence-corrected chi connectivity index (χ2v) is 6.41. The highest BCUT2D eigenvalue weighted by molar-refractivity contribution is 5.88. The highest BCUT2D eigenvalue weighted by Gasteiger charge is 2.36. The van der Waals surface area contributed by atoms with Gasteiger partial charge in [-0.1, -0.05) is 12.2 Å². The summed E-state index contributed by atoms with van der Waals surface area (Å²) < 4.78 is 0. The number of hydrogen-bond donors (Lipinski definition) is 1. The molecule has 0 fully saturated rings. The average molecular weight is 280 g/mol. The number of rotatable bonds is 4. The van der Waals surface area contributed by atoms with Crippen LogP contribution in [-0.2, 0) is 9.59 Å². The molecule has 0 spiro atoms. The molecule has 0 aromatic heterocycles. The summed E-state index contributed by atoms with van der Waals surface area (Å²) in [5.41, 5.74) is -0.263. The number of carbonyl (C=O) groups excluding carboxylic acids is 2. The van der Waals surface area contributed by atoms with E-state index in [1.807, 2.05) is 51.7 Å². The molecule has 2 amide bonds. The van der Waals surface area contributed by atoms with Crippen LogP contribution < -0.4 is 5.32 Å². The van der Waals surface area contributed by atoms with Crippen LogP contribution in [0.25, 0.3) is 0 Å². The van der Waals surface area contributed by atoms with E-state index in [2.05, 4.69) is 5.32 Å². The lowest BCUT2D eigenvalue weighted by Crippen LogP contribution is -2.49. The fraction of sp³-hybridized carbons (Fsp3) is 0.750. The molecule has 4 nitrogen and oxygen atoms in total. The number of nitrogens with one attached hydrogen (secondary N) is 1. The van der Waals surface area contributed by atoms with E-state index in [-0.39, 0.29) is 29.2 Å². The number of carbonyl (C=O) groups is 2. The standard InChI is InChI=1S/C16H28N2O2/c1-6-18(7-2)15(20)13-11-9-8-10-12(13)14(19)17-16(3,4)5/h8-9,12-13H,6-7,10-11H2,1-5H3,(H,17,19). The second kappa shape index (κ2) is 6.91. The van der Waals surface area contributed by atoms with Crippen LogP contribution in [0.3, 0.4) is 0 Å². The Morgan fingerprint density at radius 2 is 1.60 bits per heavy atom. The molecule has 1 aliphatic rings. The monoisotopic (exact) mass is 280 g/mol. The minimum atomic E-state index is -0.263. The van der Waals surface area contributed by atoms with E-state index in [9.17, 15) is 9.59 Å². The number of hydrogen-bond acceptors (Lipinski definition) is 2. The van der Waals surface area contributed by atoms with Crippen LogP contribution in [0.2, 0.25) is 0 Å². The fourth-order valence-corrected chi connectivity index (χ4v) is 2.61. The van der Waals surface area contributed by atoms with E-state index in [0.717, 1.165) is 0 Å². The lowest BCUT2D eigenvalue weighted by molar-refractivity contribution is -0.142. The molecule has 0 saturated heterocycles. The largest absolute Gasteiger partial charge is 0.351 e. The smallest absolute Gasteiger partial charge is 0.226 e. The minimum absolute atomic E-state index is 0.00708. The summed E-state index contributed by atoms with van der Waals surface area (Å²) in [5.74, 6) is -0.365. The molecule has 2 unspecified atom stereocenters. The summed E-state index contributed by atoms with van der Waals surface area (Å²) in [6, 6.07) is 0. The molecule has 0 aliphatic heterocycles. The lowest BCUT2D eigenvalue weighted by Gasteiger charge is -2.33. The number of allylic oxidation sites excluding steroid dienone is 2. The maximum atomic E-state index is 12.6. The zero-order chi connectivity index (χ0) is 15.3. The van der Waals surface area contributed by atoms with Crippen molar-refractivity contribution < 1.29 is 9.59 Å². The highest BCUT2D eigenvalue weighted by atomic mass is 16.2. The molecule has 2 atom stereocenters. The summed E-state index contributed by atoms with van der Waals surface area (Å²) in [6.45, 7) is 11.2. The molecule has 0 aromatic rings. The average Bonchev–Trinajstić information content (AvgIpc) is 2.38. The van der Waals surface area contributed by atoms with E-state index >= 15 is 0 Å². The first-order valence-corrected chi connectivity index (χ1v) is 7.56. The molecule has 114 valence electrons. The molecular formula is C16H28N2O2. The maximum absolute atomic E-state index is 12.6. The first kappa shape index (κ1) is 16.7. The van der Waals surface area contributed by atoms with E-state index in [0.29, 0.717) is 25.9 Å². The van der Waals surface area contributed by atoms with Gasteiger partial charge in [0.1, 0.15) is 0 Å². The second-order valence-electron chi connectivity index (χ2n) is 6.41. The van der Waals surface area contributed by atoms with Crippen LogP contribution in [0.5, 0.6) is 0 Å². The van der Waals surface area contributed by atoms with Gasteiger partial charge in [-0.2, -0.15) is 0 Å². The Morgan fingerprint density at radius 3 is 2.05 bits per heavy atom. The third kappa shape index (κ3) is 4.36. The van der Waals surface area contributed by atoms with E-state index in [1.165, 1.54) is 0 Å². The Kier molecular flexibility index (Phi) is 5.78. The van der Waals surface area contributed by atoms with Gasteiger partial charge < -0.3 is 10.2 Å². The van der Waals surface area contributed by atoms with Crippen LogP contribution >= 0.6 is 0 Å². The number of amides is 2. The third-order valence-electron chi connectivity index (χ3n) is 3.66. The van der Waals surface area contributed by atoms with Crippen molar-refractivity contribution in [1.82, 2.24) is 10.2 Å². The summed E-state index contributed by atoms with van der Waals surface area (Å²) in [5, 5.41) is 3.01. The van der Waals surface area contributed by atoms with Crippen LogP contribution in [-0.4, -0.2) is 35.3 Å². The molecule has 0 aromatic carbocycles. The van der Waals surface area contributed by atoms with Crippen molar-refractivity contribution in [2.75, 3.05) is 13.1 Å². The Hall–Kier alpha value is -1.32. The topological polar surface area (TPSA) is 49.4 Å². The summed E-state index contributed by atoms with van der Waals surface area (Å²) >= 11 is 0. The summed E-state index contributed by atoms with van der Waals surface area (Å²) in [6.07, 6.45) is 5.35. The van der Waals surface area contributed by atoms with Crippen molar-refractivity contribution >= 4 is 11.8 Å². The van der Waals surface area contributed by atoms with Crippen molar-refractivity contribution in [3.8, 4) is 0 Å². The first-order valence-electron chi connectivity index (χ1n) is 7.56. The third-order valence-corrected chi connectivity index (χ3v) is 3.66. The van der Waals surface area contributed by atoms with Crippen molar-refractivity contribution in [1.29, 1.82) is 0 Å². The van der Waals surface area contributed by atoms with Crippen molar-refractivity contribution in [3.05, 3.63) is 12.2 Å². The summed E-state index contributed by atoms with van der Waals surface area (Å²) in [4.78, 5) is 26.8. The Bertz CT molecular complexity index is 378. The summed E-state index contributed by atoms with van der Waals surface area (Å²) in [7, 11) is 0. The lowest BCUT2D eigenvalue weighted by atomic mass is 9.81. The van der Waals surface area contributed by atoms with Crippen molar-refractivity contribution in [3.63, 3.8) is 0 Å². The SMILES string of the molecule is CCN(CC)C(=O)C1CC=CCC1C(=O)NC(C)(C)C. The van der Waals surface area contributed by atoms with Crippen LogP contribution in [0.1, 0.15) is 47.5 Å². The highest BCUT2D eigenvalue weighted by Crippen LogP contribution is 2.28. The molecular weight excluding hydrogens is 252 g/mol. The van der Waals surface area contributed by atoms with Gasteiger partial charge in [0.2, 0.25) is 11.8 Å². The van der Waals surface area contributed by atoms with Gasteiger partial charge in [-0.3, -0.25) is 9.59 Å². The predicted octanol–water partition coefficient (Wildman–Crippen LogP) is 2.35. The van der Waals surface area contributed by atoms with Crippen LogP contribution in [0.15, 0.2) is 12.2 Å². The Labute approximate surface area is 122 Å². The molecule has 4 heteroatoms. The fourth-order valence-electron chi connectivity index (χ4n) is 2.61. The Balaban J connectivity index is 2.85. The van der Waals surface area contributed by atoms with Gasteiger partial charge in [0.15, 0.2) is 0 Å². The van der Waals surface area contributed by atoms with Crippen molar-refractivity contribution in [2.45, 2.75) is 53.0 Å². The van der Waals surface area contributed by atoms with Gasteiger partial charge in [0.25, 0.3) is 0 Å². The van der Waals surface area contributed by atoms with Gasteiger partial charge >= 0.3 is 0 Å². The molecule has 0 heterocycles. The van der Waals surface area contributed by atoms with Gasteiger partial charge in [0.05, 0.1) is 11.8 Å². The molecule has 0 saturated carbocycles. The van der Waals surface area contributed by atoms with Crippen molar-refractivity contribution in [2.24, 2.45) is 11.8 Å². The predicted molar refractivity (Wildman–Crippen MR) is 81.2 cm³/mol. The normalized spacial score (nSPS) is 22.4. The number of nitrogens with zero attached hydrogens (tertiary/aromatic N) is 1. The van der Waals surface area contributed by atoms with E-state index < -0.39 is 0 Å². The zero-order valence-corrected chi connectivity index (χ0v) is 13.4. The zero-order valence-electron chi connectivity index (χ0n) is 13.4. The molecule has 20 heavy (non-hydrogen) atoms. The van der Waals surface area contributed by atoms with Crippen LogP contribution in [0, 0.1) is 11.8 Å². The molecule has 1 N–H and O–H groups in total. The molecule has 0 bridgehead atoms. The molecule has 1 rings (SSSR count). The first-order chi connectivity index (χ1) is 9.30. The van der Waals surface area contributed by atoms with Gasteiger partial charge in [-0.25, -0.2) is 0 Å². The molecule has 1 aliphatic carbocycles. The van der Waals surface area contributed by atoms with Gasteiger partial charge in [-0.05, 0) is 47.5 Å². The van der Waals surface area contributed by atoms with E-state index in [4.69, 9.17) is 0 Å². The van der Waals surface area contributed by atoms with E-state index in [1.54, 1.807) is 0 Å². The van der Waals surface area contributed by atoms with Gasteiger partial charge in [0, 0.05) is 18.6 Å².